The molecule has 0 aromatic carbocycles. The summed E-state index contributed by atoms with van der Waals surface area (Å²) in [4.78, 5) is 35.2. The molecular formula is C11H15N7O4S2. The van der Waals surface area contributed by atoms with Crippen LogP contribution in [0.5, 0.6) is 0 Å². The number of anilines is 1. The monoisotopic (exact) mass is 373 g/mol. The Labute approximate surface area is 144 Å². The van der Waals surface area contributed by atoms with Gasteiger partial charge in [-0.1, -0.05) is 28.7 Å². The fourth-order valence-electron chi connectivity index (χ4n) is 2.48. The normalized spacial score (nSPS) is 27.5. The van der Waals surface area contributed by atoms with Crippen molar-refractivity contribution < 1.29 is 9.53 Å². The van der Waals surface area contributed by atoms with Gasteiger partial charge in [-0.2, -0.15) is 4.91 Å². The van der Waals surface area contributed by atoms with Crippen LogP contribution in [0.25, 0.3) is 0 Å². The number of rotatable bonds is 5. The number of nitrogens with zero attached hydrogens (tertiary/aromatic N) is 4. The first-order chi connectivity index (χ1) is 11.6. The van der Waals surface area contributed by atoms with E-state index in [-0.39, 0.29) is 9.75 Å². The first-order valence-corrected chi connectivity index (χ1v) is 8.97. The Balaban J connectivity index is 1.89. The maximum Gasteiger partial charge on any atom is 0.311 e. The molecule has 0 saturated carbocycles. The number of thiazole rings is 1. The van der Waals surface area contributed by atoms with Crippen LogP contribution >= 0.6 is 23.1 Å². The van der Waals surface area contributed by atoms with Crippen LogP contribution in [-0.2, 0) is 4.74 Å². The van der Waals surface area contributed by atoms with Gasteiger partial charge in [0.1, 0.15) is 28.4 Å². The molecule has 1 saturated heterocycles. The maximum atomic E-state index is 12.3. The second kappa shape index (κ2) is 6.86. The van der Waals surface area contributed by atoms with Crippen molar-refractivity contribution in [2.75, 3.05) is 11.1 Å². The van der Waals surface area contributed by atoms with Crippen molar-refractivity contribution in [3.63, 3.8) is 0 Å². The van der Waals surface area contributed by atoms with Gasteiger partial charge in [0.25, 0.3) is 5.91 Å². The molecule has 24 heavy (non-hydrogen) atoms. The average molecular weight is 373 g/mol. The average Bonchev–Trinajstić information content (AvgIpc) is 3.13. The van der Waals surface area contributed by atoms with Gasteiger partial charge in [0.15, 0.2) is 0 Å². The van der Waals surface area contributed by atoms with E-state index in [9.17, 15) is 14.5 Å². The van der Waals surface area contributed by atoms with Crippen molar-refractivity contribution >= 4 is 34.8 Å². The fraction of sp³-hybridized carbons (Fsp3) is 0.636. The van der Waals surface area contributed by atoms with Crippen LogP contribution in [0.3, 0.4) is 0 Å². The number of nitrogens with one attached hydrogen (secondary N) is 2. The van der Waals surface area contributed by atoms with Crippen molar-refractivity contribution in [2.45, 2.75) is 37.3 Å². The van der Waals surface area contributed by atoms with E-state index < -0.39 is 29.9 Å². The predicted octanol–water partition coefficient (Wildman–Crippen LogP) is 0.808. The summed E-state index contributed by atoms with van der Waals surface area (Å²) in [5.41, 5.74) is -0.420. The standard InChI is InChI=1S/C11H15N7O4S2/c1-2-4(16-21)9-22-5(3-23-9)18-7-6(24-11(18)20)8(19)14-10(13-7)15-17-12/h4-5,9-10,13H,2-3H2,1H3,(H2,12,15)(H,14,19)/t4-,5?,9?,10?/m0/s1. The van der Waals surface area contributed by atoms with E-state index in [2.05, 4.69) is 26.1 Å². The zero-order valence-corrected chi connectivity index (χ0v) is 14.2. The molecule has 1 aromatic heterocycles. The summed E-state index contributed by atoms with van der Waals surface area (Å²) >= 11 is 2.22. The van der Waals surface area contributed by atoms with Gasteiger partial charge in [-0.25, -0.2) is 0 Å². The lowest BCUT2D eigenvalue weighted by atomic mass is 10.2. The van der Waals surface area contributed by atoms with Gasteiger partial charge in [0.2, 0.25) is 6.29 Å². The van der Waals surface area contributed by atoms with Crippen LogP contribution in [0.2, 0.25) is 0 Å². The summed E-state index contributed by atoms with van der Waals surface area (Å²) in [5.74, 6) is 5.34. The number of aromatic nitrogens is 1. The highest BCUT2D eigenvalue weighted by atomic mass is 32.2. The minimum atomic E-state index is -0.861. The molecule has 0 spiro atoms. The van der Waals surface area contributed by atoms with E-state index in [0.29, 0.717) is 18.0 Å². The summed E-state index contributed by atoms with van der Waals surface area (Å²) in [7, 11) is 0. The molecule has 130 valence electrons. The SMILES string of the molecule is CC[C@H](N=O)C1OC(n2c3c(sc2=O)C(=O)NC(N=NN)N3)CS1. The first kappa shape index (κ1) is 16.9. The smallest absolute Gasteiger partial charge is 0.311 e. The van der Waals surface area contributed by atoms with E-state index in [1.807, 2.05) is 6.92 Å². The van der Waals surface area contributed by atoms with Crippen LogP contribution in [0.4, 0.5) is 5.82 Å². The van der Waals surface area contributed by atoms with Gasteiger partial charge in [0, 0.05) is 5.75 Å². The Bertz CT molecular complexity index is 732. The van der Waals surface area contributed by atoms with Crippen molar-refractivity contribution in [1.82, 2.24) is 9.88 Å². The minimum Gasteiger partial charge on any atom is -0.341 e. The molecule has 0 aliphatic carbocycles. The zero-order valence-electron chi connectivity index (χ0n) is 12.5. The number of carbonyl (C=O) groups excluding carboxylic acids is 1. The summed E-state index contributed by atoms with van der Waals surface area (Å²) < 4.78 is 7.18. The Morgan fingerprint density at radius 3 is 2.92 bits per heavy atom. The lowest BCUT2D eigenvalue weighted by molar-refractivity contribution is 0.00852. The van der Waals surface area contributed by atoms with E-state index in [1.165, 1.54) is 16.3 Å². The Morgan fingerprint density at radius 2 is 2.25 bits per heavy atom. The molecule has 3 unspecified atom stereocenters. The zero-order chi connectivity index (χ0) is 17.3. The highest BCUT2D eigenvalue weighted by molar-refractivity contribution is 8.00. The largest absolute Gasteiger partial charge is 0.341 e. The number of thioether (sulfide) groups is 1. The number of ether oxygens (including phenoxy) is 1. The molecular weight excluding hydrogens is 358 g/mol. The van der Waals surface area contributed by atoms with E-state index in [1.54, 1.807) is 0 Å². The van der Waals surface area contributed by atoms with Crippen molar-refractivity contribution in [3.05, 3.63) is 19.5 Å². The third-order valence-electron chi connectivity index (χ3n) is 3.62. The second-order valence-corrected chi connectivity index (χ2v) is 7.13. The van der Waals surface area contributed by atoms with E-state index >= 15 is 0 Å². The minimum absolute atomic E-state index is 0.237. The van der Waals surface area contributed by atoms with Gasteiger partial charge in [-0.05, 0) is 6.42 Å². The number of hydrogen-bond acceptors (Lipinski definition) is 10. The maximum absolute atomic E-state index is 12.3. The van der Waals surface area contributed by atoms with E-state index in [0.717, 1.165) is 11.3 Å². The number of fused-ring (bicyclic) bond motifs is 1. The molecule has 1 fully saturated rings. The van der Waals surface area contributed by atoms with Gasteiger partial charge >= 0.3 is 4.87 Å². The van der Waals surface area contributed by atoms with Crippen LogP contribution in [0.15, 0.2) is 20.3 Å². The van der Waals surface area contributed by atoms with Gasteiger partial charge in [-0.3, -0.25) is 14.2 Å². The quantitative estimate of drug-likeness (QED) is 0.299. The highest BCUT2D eigenvalue weighted by Gasteiger charge is 2.38. The fourth-order valence-corrected chi connectivity index (χ4v) is 4.62. The lowest BCUT2D eigenvalue weighted by Crippen LogP contribution is -2.44. The number of nitroso groups, excluding NO2 is 1. The summed E-state index contributed by atoms with van der Waals surface area (Å²) in [6.45, 7) is 1.84. The van der Waals surface area contributed by atoms with Crippen molar-refractivity contribution in [3.8, 4) is 0 Å². The van der Waals surface area contributed by atoms with Crippen LogP contribution in [0, 0.1) is 4.91 Å². The first-order valence-electron chi connectivity index (χ1n) is 7.11. The summed E-state index contributed by atoms with van der Waals surface area (Å²) in [6, 6.07) is -0.486. The third kappa shape index (κ3) is 2.89. The van der Waals surface area contributed by atoms with Crippen molar-refractivity contribution in [2.24, 2.45) is 21.4 Å². The third-order valence-corrected chi connectivity index (χ3v) is 5.81. The molecule has 4 N–H and O–H groups in total. The molecule has 3 rings (SSSR count). The molecule has 0 radical (unpaired) electrons. The molecule has 0 bridgehead atoms. The number of amides is 1. The highest BCUT2D eigenvalue weighted by Crippen LogP contribution is 2.38. The van der Waals surface area contributed by atoms with Gasteiger partial charge in [0.05, 0.1) is 0 Å². The molecule has 2 aliphatic rings. The van der Waals surface area contributed by atoms with Crippen molar-refractivity contribution in [1.29, 1.82) is 0 Å². The molecule has 3 heterocycles. The molecule has 4 atom stereocenters. The molecule has 1 aromatic rings. The summed E-state index contributed by atoms with van der Waals surface area (Å²) in [6.07, 6.45) is -0.915. The summed E-state index contributed by atoms with van der Waals surface area (Å²) in [5, 5.41) is 15.2. The topological polar surface area (TPSA) is 153 Å². The van der Waals surface area contributed by atoms with Gasteiger partial charge < -0.3 is 21.2 Å². The predicted molar refractivity (Wildman–Crippen MR) is 88.7 cm³/mol. The number of hydrogen-bond donors (Lipinski definition) is 3. The Kier molecular flexibility index (Phi) is 4.82. The van der Waals surface area contributed by atoms with E-state index in [4.69, 9.17) is 10.6 Å². The molecule has 2 aliphatic heterocycles. The lowest BCUT2D eigenvalue weighted by Gasteiger charge is -2.24. The molecule has 1 amide bonds. The van der Waals surface area contributed by atoms with Crippen LogP contribution in [-0.4, -0.2) is 34.0 Å². The molecule has 11 nitrogen and oxygen atoms in total. The van der Waals surface area contributed by atoms with Crippen LogP contribution < -0.4 is 21.3 Å². The van der Waals surface area contributed by atoms with Crippen LogP contribution in [0.1, 0.15) is 29.2 Å². The Morgan fingerprint density at radius 1 is 1.46 bits per heavy atom. The number of carbonyl (C=O) groups is 1. The second-order valence-electron chi connectivity index (χ2n) is 5.04. The van der Waals surface area contributed by atoms with Gasteiger partial charge in [-0.15, -0.1) is 16.9 Å². The number of nitrogens with two attached hydrogens (primary N) is 1. The Hall–Kier alpha value is -1.99. The molecule has 13 heteroatoms.